The quantitative estimate of drug-likeness (QED) is 0.222. The highest BCUT2D eigenvalue weighted by atomic mass is 127. The van der Waals surface area contributed by atoms with E-state index in [-0.39, 0.29) is 42.5 Å². The first-order chi connectivity index (χ1) is 14.0. The van der Waals surface area contributed by atoms with Gasteiger partial charge >= 0.3 is 0 Å². The zero-order chi connectivity index (χ0) is 21.1. The normalized spacial score (nSPS) is 15.8. The summed E-state index contributed by atoms with van der Waals surface area (Å²) in [5.41, 5.74) is 2.52. The zero-order valence-electron chi connectivity index (χ0n) is 18.8. The van der Waals surface area contributed by atoms with Crippen molar-refractivity contribution in [1.29, 1.82) is 0 Å². The summed E-state index contributed by atoms with van der Waals surface area (Å²) in [6.45, 7) is 9.89. The van der Waals surface area contributed by atoms with Gasteiger partial charge < -0.3 is 20.3 Å². The molecule has 170 valence electrons. The smallest absolute Gasteiger partial charge is 0.243 e. The third kappa shape index (κ3) is 9.61. The Hall–Kier alpha value is -1.39. The topological polar surface area (TPSA) is 69.2 Å². The standard InChI is InChI=1S/C22H37N5O2.HI/c1-5-19-7-9-20(10-8-19)18(2)25-22(24-17-21(28)26(3)4)23-11-6-12-27-13-15-29-16-14-27;/h7-10,18H,5-6,11-17H2,1-4H3,(H2,23,24,25);1H. The molecule has 0 saturated carbocycles. The highest BCUT2D eigenvalue weighted by molar-refractivity contribution is 14.0. The number of nitrogens with one attached hydrogen (secondary N) is 2. The van der Waals surface area contributed by atoms with E-state index >= 15 is 0 Å². The second kappa shape index (κ2) is 14.6. The van der Waals surface area contributed by atoms with Gasteiger partial charge in [-0.15, -0.1) is 24.0 Å². The summed E-state index contributed by atoms with van der Waals surface area (Å²) in [5, 5.41) is 6.83. The van der Waals surface area contributed by atoms with E-state index in [1.165, 1.54) is 11.1 Å². The molecule has 1 aliphatic rings. The number of hydrogen-bond acceptors (Lipinski definition) is 4. The molecule has 0 bridgehead atoms. The number of halogens is 1. The van der Waals surface area contributed by atoms with Crippen LogP contribution in [-0.2, 0) is 16.0 Å². The highest BCUT2D eigenvalue weighted by Gasteiger charge is 2.12. The molecule has 2 N–H and O–H groups in total. The lowest BCUT2D eigenvalue weighted by Gasteiger charge is -2.26. The van der Waals surface area contributed by atoms with Crippen molar-refractivity contribution in [2.24, 2.45) is 4.99 Å². The molecule has 8 heteroatoms. The average Bonchev–Trinajstić information content (AvgIpc) is 2.75. The number of aryl methyl sites for hydroxylation is 1. The molecule has 0 spiro atoms. The third-order valence-electron chi connectivity index (χ3n) is 5.16. The second-order valence-electron chi connectivity index (χ2n) is 7.65. The van der Waals surface area contributed by atoms with Gasteiger partial charge in [0.1, 0.15) is 6.54 Å². The minimum atomic E-state index is -0.0145. The Morgan fingerprint density at radius 2 is 1.90 bits per heavy atom. The molecule has 1 unspecified atom stereocenters. The van der Waals surface area contributed by atoms with Crippen molar-refractivity contribution in [2.75, 3.05) is 60.0 Å². The van der Waals surface area contributed by atoms with Crippen molar-refractivity contribution < 1.29 is 9.53 Å². The lowest BCUT2D eigenvalue weighted by atomic mass is 10.1. The molecule has 1 aromatic rings. The molecule has 1 aliphatic heterocycles. The number of carbonyl (C=O) groups excluding carboxylic acids is 1. The van der Waals surface area contributed by atoms with Crippen molar-refractivity contribution >= 4 is 35.8 Å². The Balaban J connectivity index is 0.00000450. The van der Waals surface area contributed by atoms with Crippen LogP contribution in [0.5, 0.6) is 0 Å². The monoisotopic (exact) mass is 531 g/mol. The largest absolute Gasteiger partial charge is 0.379 e. The third-order valence-corrected chi connectivity index (χ3v) is 5.16. The van der Waals surface area contributed by atoms with Crippen molar-refractivity contribution in [2.45, 2.75) is 32.7 Å². The van der Waals surface area contributed by atoms with Gasteiger partial charge in [-0.3, -0.25) is 9.69 Å². The molecule has 0 radical (unpaired) electrons. The van der Waals surface area contributed by atoms with E-state index in [0.29, 0.717) is 5.96 Å². The van der Waals surface area contributed by atoms with Crippen molar-refractivity contribution in [3.05, 3.63) is 35.4 Å². The van der Waals surface area contributed by atoms with E-state index < -0.39 is 0 Å². The van der Waals surface area contributed by atoms with E-state index in [4.69, 9.17) is 4.74 Å². The molecule has 1 atom stereocenters. The molecule has 2 rings (SSSR count). The fourth-order valence-corrected chi connectivity index (χ4v) is 3.11. The number of carbonyl (C=O) groups is 1. The van der Waals surface area contributed by atoms with E-state index in [1.54, 1.807) is 19.0 Å². The van der Waals surface area contributed by atoms with Gasteiger partial charge in [-0.1, -0.05) is 31.2 Å². The summed E-state index contributed by atoms with van der Waals surface area (Å²) in [7, 11) is 3.50. The molecule has 0 aliphatic carbocycles. The zero-order valence-corrected chi connectivity index (χ0v) is 21.1. The molecule has 1 amide bonds. The van der Waals surface area contributed by atoms with Crippen LogP contribution in [0.25, 0.3) is 0 Å². The maximum absolute atomic E-state index is 12.0. The molecule has 1 heterocycles. The van der Waals surface area contributed by atoms with Crippen LogP contribution in [0.3, 0.4) is 0 Å². The Kier molecular flexibility index (Phi) is 13.0. The van der Waals surface area contributed by atoms with Crippen molar-refractivity contribution in [1.82, 2.24) is 20.4 Å². The van der Waals surface area contributed by atoms with Crippen LogP contribution >= 0.6 is 24.0 Å². The van der Waals surface area contributed by atoms with Gasteiger partial charge in [-0.25, -0.2) is 4.99 Å². The van der Waals surface area contributed by atoms with E-state index in [0.717, 1.165) is 52.2 Å². The number of ether oxygens (including phenoxy) is 1. The Labute approximate surface area is 198 Å². The van der Waals surface area contributed by atoms with Gasteiger partial charge in [-0.05, 0) is 37.4 Å². The maximum Gasteiger partial charge on any atom is 0.243 e. The number of nitrogens with zero attached hydrogens (tertiary/aromatic N) is 3. The van der Waals surface area contributed by atoms with Crippen LogP contribution in [-0.4, -0.2) is 81.7 Å². The number of likely N-dealkylation sites (N-methyl/N-ethyl adjacent to an activating group) is 1. The Bertz CT molecular complexity index is 645. The summed E-state index contributed by atoms with van der Waals surface area (Å²) in [5.74, 6) is 0.661. The number of hydrogen-bond donors (Lipinski definition) is 2. The Morgan fingerprint density at radius 3 is 2.50 bits per heavy atom. The number of aliphatic imine (C=N–C) groups is 1. The summed E-state index contributed by atoms with van der Waals surface area (Å²) in [4.78, 5) is 20.4. The molecule has 0 aromatic heterocycles. The van der Waals surface area contributed by atoms with Gasteiger partial charge in [0.2, 0.25) is 5.91 Å². The van der Waals surface area contributed by atoms with E-state index in [9.17, 15) is 4.79 Å². The average molecular weight is 531 g/mol. The lowest BCUT2D eigenvalue weighted by Crippen LogP contribution is -2.42. The number of rotatable bonds is 9. The van der Waals surface area contributed by atoms with Gasteiger partial charge in [0.05, 0.1) is 19.3 Å². The Morgan fingerprint density at radius 1 is 1.23 bits per heavy atom. The van der Waals surface area contributed by atoms with Crippen LogP contribution in [0.1, 0.15) is 37.4 Å². The summed E-state index contributed by atoms with van der Waals surface area (Å²) < 4.78 is 5.40. The SMILES string of the molecule is CCc1ccc(C(C)NC(=NCC(=O)N(C)C)NCCCN2CCOCC2)cc1.I. The number of guanidine groups is 1. The van der Waals surface area contributed by atoms with E-state index in [1.807, 2.05) is 0 Å². The highest BCUT2D eigenvalue weighted by Crippen LogP contribution is 2.13. The molecule has 1 fully saturated rings. The second-order valence-corrected chi connectivity index (χ2v) is 7.65. The lowest BCUT2D eigenvalue weighted by molar-refractivity contribution is -0.127. The minimum absolute atomic E-state index is 0. The number of amides is 1. The van der Waals surface area contributed by atoms with Crippen LogP contribution < -0.4 is 10.6 Å². The van der Waals surface area contributed by atoms with Crippen LogP contribution in [0.4, 0.5) is 0 Å². The van der Waals surface area contributed by atoms with Gasteiger partial charge in [0, 0.05) is 33.7 Å². The fraction of sp³-hybridized carbons (Fsp3) is 0.636. The first-order valence-electron chi connectivity index (χ1n) is 10.6. The van der Waals surface area contributed by atoms with Crippen LogP contribution in [0, 0.1) is 0 Å². The van der Waals surface area contributed by atoms with Crippen molar-refractivity contribution in [3.63, 3.8) is 0 Å². The molecule has 30 heavy (non-hydrogen) atoms. The van der Waals surface area contributed by atoms with Crippen LogP contribution in [0.2, 0.25) is 0 Å². The number of morpholine rings is 1. The first kappa shape index (κ1) is 26.6. The predicted molar refractivity (Wildman–Crippen MR) is 134 cm³/mol. The molecule has 7 nitrogen and oxygen atoms in total. The molecular formula is C22H38IN5O2. The summed E-state index contributed by atoms with van der Waals surface area (Å²) in [6.07, 6.45) is 2.05. The minimum Gasteiger partial charge on any atom is -0.379 e. The molecular weight excluding hydrogens is 493 g/mol. The number of benzene rings is 1. The summed E-state index contributed by atoms with van der Waals surface area (Å²) in [6, 6.07) is 8.72. The predicted octanol–water partition coefficient (Wildman–Crippen LogP) is 2.27. The molecule has 1 saturated heterocycles. The first-order valence-corrected chi connectivity index (χ1v) is 10.6. The maximum atomic E-state index is 12.0. The van der Waals surface area contributed by atoms with Gasteiger partial charge in [-0.2, -0.15) is 0 Å². The summed E-state index contributed by atoms with van der Waals surface area (Å²) >= 11 is 0. The van der Waals surface area contributed by atoms with Crippen molar-refractivity contribution in [3.8, 4) is 0 Å². The van der Waals surface area contributed by atoms with Gasteiger partial charge in [0.15, 0.2) is 5.96 Å². The van der Waals surface area contributed by atoms with Gasteiger partial charge in [0.25, 0.3) is 0 Å². The van der Waals surface area contributed by atoms with Crippen LogP contribution in [0.15, 0.2) is 29.3 Å². The molecule has 1 aromatic carbocycles. The fourth-order valence-electron chi connectivity index (χ4n) is 3.11. The van der Waals surface area contributed by atoms with E-state index in [2.05, 4.69) is 58.6 Å².